The molecule has 0 atom stereocenters. The molecule has 5 heteroatoms. The summed E-state index contributed by atoms with van der Waals surface area (Å²) in [6.45, 7) is 4.00. The minimum atomic E-state index is -0.844. The number of carbonyl (C=O) groups excluding carboxylic acids is 1. The van der Waals surface area contributed by atoms with Gasteiger partial charge in [-0.1, -0.05) is 13.8 Å². The second kappa shape index (κ2) is 5.63. The Morgan fingerprint density at radius 1 is 1.47 bits per heavy atom. The first-order valence-electron chi connectivity index (χ1n) is 5.73. The summed E-state index contributed by atoms with van der Waals surface area (Å²) in [6, 6.07) is 3.18. The van der Waals surface area contributed by atoms with E-state index in [-0.39, 0.29) is 12.5 Å². The van der Waals surface area contributed by atoms with Crippen molar-refractivity contribution in [1.29, 1.82) is 0 Å². The lowest BCUT2D eigenvalue weighted by Gasteiger charge is -2.25. The van der Waals surface area contributed by atoms with Crippen LogP contribution < -0.4 is 11.1 Å². The molecule has 0 aliphatic heterocycles. The number of hydrogen-bond donors (Lipinski definition) is 3. The van der Waals surface area contributed by atoms with Gasteiger partial charge in [0.15, 0.2) is 0 Å². The van der Waals surface area contributed by atoms with Gasteiger partial charge < -0.3 is 16.2 Å². The van der Waals surface area contributed by atoms with Gasteiger partial charge in [-0.3, -0.25) is 4.79 Å². The molecule has 0 radical (unpaired) electrons. The maximum Gasteiger partial charge on any atom is 0.269 e. The van der Waals surface area contributed by atoms with Gasteiger partial charge in [0.1, 0.15) is 5.69 Å². The van der Waals surface area contributed by atoms with E-state index in [1.54, 1.807) is 12.1 Å². The maximum atomic E-state index is 11.7. The molecule has 0 saturated carbocycles. The summed E-state index contributed by atoms with van der Waals surface area (Å²) >= 11 is 0. The van der Waals surface area contributed by atoms with Gasteiger partial charge in [-0.15, -0.1) is 0 Å². The first kappa shape index (κ1) is 13.4. The third kappa shape index (κ3) is 3.71. The summed E-state index contributed by atoms with van der Waals surface area (Å²) in [4.78, 5) is 15.6. The number of anilines is 1. The van der Waals surface area contributed by atoms with Crippen LogP contribution in [0.25, 0.3) is 0 Å². The van der Waals surface area contributed by atoms with E-state index in [4.69, 9.17) is 5.73 Å². The Morgan fingerprint density at radius 2 is 2.12 bits per heavy atom. The normalized spacial score (nSPS) is 11.2. The number of carbonyl (C=O) groups is 1. The minimum Gasteiger partial charge on any atom is -0.397 e. The van der Waals surface area contributed by atoms with Gasteiger partial charge in [-0.05, 0) is 25.0 Å². The number of aliphatic hydroxyl groups is 1. The van der Waals surface area contributed by atoms with Gasteiger partial charge in [-0.2, -0.15) is 0 Å². The molecule has 0 saturated heterocycles. The first-order chi connectivity index (χ1) is 8.00. The standard InChI is InChI=1S/C12H19N3O2/c1-3-12(17,4-2)8-15-11(16)10-6-5-9(13)7-14-10/h5-7,17H,3-4,8,13H2,1-2H3,(H,15,16). The molecule has 1 aromatic rings. The fraction of sp³-hybridized carbons (Fsp3) is 0.500. The predicted octanol–water partition coefficient (Wildman–Crippen LogP) is 0.945. The molecule has 0 aliphatic rings. The molecule has 0 spiro atoms. The van der Waals surface area contributed by atoms with Crippen molar-refractivity contribution in [2.45, 2.75) is 32.3 Å². The predicted molar refractivity (Wildman–Crippen MR) is 66.5 cm³/mol. The van der Waals surface area contributed by atoms with Crippen LogP contribution in [-0.4, -0.2) is 28.1 Å². The number of rotatable bonds is 5. The first-order valence-corrected chi connectivity index (χ1v) is 5.73. The number of nitrogens with zero attached hydrogens (tertiary/aromatic N) is 1. The van der Waals surface area contributed by atoms with Gasteiger partial charge in [0.05, 0.1) is 17.5 Å². The number of nitrogens with one attached hydrogen (secondary N) is 1. The number of amides is 1. The van der Waals surface area contributed by atoms with E-state index in [0.29, 0.717) is 24.2 Å². The highest BCUT2D eigenvalue weighted by Crippen LogP contribution is 2.13. The van der Waals surface area contributed by atoms with Gasteiger partial charge >= 0.3 is 0 Å². The average Bonchev–Trinajstić information content (AvgIpc) is 2.36. The van der Waals surface area contributed by atoms with Crippen LogP contribution in [0.5, 0.6) is 0 Å². The molecule has 1 amide bonds. The zero-order chi connectivity index (χ0) is 12.9. The molecular weight excluding hydrogens is 218 g/mol. The Bertz CT molecular complexity index is 372. The van der Waals surface area contributed by atoms with Gasteiger partial charge in [0, 0.05) is 6.54 Å². The smallest absolute Gasteiger partial charge is 0.269 e. The van der Waals surface area contributed by atoms with Crippen molar-refractivity contribution >= 4 is 11.6 Å². The van der Waals surface area contributed by atoms with E-state index in [1.807, 2.05) is 13.8 Å². The molecule has 1 aromatic heterocycles. The van der Waals surface area contributed by atoms with E-state index in [1.165, 1.54) is 6.20 Å². The van der Waals surface area contributed by atoms with Crippen LogP contribution in [0.2, 0.25) is 0 Å². The highest BCUT2D eigenvalue weighted by Gasteiger charge is 2.23. The quantitative estimate of drug-likeness (QED) is 0.711. The lowest BCUT2D eigenvalue weighted by atomic mass is 9.97. The fourth-order valence-electron chi connectivity index (χ4n) is 1.37. The fourth-order valence-corrected chi connectivity index (χ4v) is 1.37. The van der Waals surface area contributed by atoms with E-state index >= 15 is 0 Å². The van der Waals surface area contributed by atoms with Crippen LogP contribution in [0.4, 0.5) is 5.69 Å². The third-order valence-corrected chi connectivity index (χ3v) is 2.91. The Labute approximate surface area is 101 Å². The topological polar surface area (TPSA) is 88.2 Å². The van der Waals surface area contributed by atoms with Crippen molar-refractivity contribution in [2.24, 2.45) is 0 Å². The van der Waals surface area contributed by atoms with Crippen LogP contribution in [0.3, 0.4) is 0 Å². The Morgan fingerprint density at radius 3 is 2.59 bits per heavy atom. The molecule has 17 heavy (non-hydrogen) atoms. The highest BCUT2D eigenvalue weighted by molar-refractivity contribution is 5.92. The van der Waals surface area contributed by atoms with E-state index in [2.05, 4.69) is 10.3 Å². The summed E-state index contributed by atoms with van der Waals surface area (Å²) in [7, 11) is 0. The molecule has 0 unspecified atom stereocenters. The molecule has 0 aromatic carbocycles. The van der Waals surface area contributed by atoms with E-state index < -0.39 is 5.60 Å². The third-order valence-electron chi connectivity index (χ3n) is 2.91. The molecule has 0 fully saturated rings. The SMILES string of the molecule is CCC(O)(CC)CNC(=O)c1ccc(N)cn1. The number of aromatic nitrogens is 1. The second-order valence-corrected chi connectivity index (χ2v) is 4.09. The van der Waals surface area contributed by atoms with E-state index in [0.717, 1.165) is 0 Å². The lowest BCUT2D eigenvalue weighted by molar-refractivity contribution is 0.0313. The molecule has 0 bridgehead atoms. The number of nitrogens with two attached hydrogens (primary N) is 1. The Balaban J connectivity index is 2.58. The summed E-state index contributed by atoms with van der Waals surface area (Å²) in [5.74, 6) is -0.301. The molecule has 94 valence electrons. The van der Waals surface area contributed by atoms with Crippen molar-refractivity contribution < 1.29 is 9.90 Å². The van der Waals surface area contributed by atoms with E-state index in [9.17, 15) is 9.90 Å². The van der Waals surface area contributed by atoms with Gasteiger partial charge in [0.25, 0.3) is 5.91 Å². The zero-order valence-electron chi connectivity index (χ0n) is 10.2. The van der Waals surface area contributed by atoms with Crippen LogP contribution in [0.15, 0.2) is 18.3 Å². The van der Waals surface area contributed by atoms with Crippen LogP contribution >= 0.6 is 0 Å². The summed E-state index contributed by atoms with van der Waals surface area (Å²) in [5, 5.41) is 12.7. The lowest BCUT2D eigenvalue weighted by Crippen LogP contribution is -2.42. The maximum absolute atomic E-state index is 11.7. The molecule has 0 aliphatic carbocycles. The second-order valence-electron chi connectivity index (χ2n) is 4.09. The van der Waals surface area contributed by atoms with Crippen molar-refractivity contribution in [3.05, 3.63) is 24.0 Å². The minimum absolute atomic E-state index is 0.227. The number of pyridine rings is 1. The molecule has 4 N–H and O–H groups in total. The zero-order valence-corrected chi connectivity index (χ0v) is 10.2. The molecular formula is C12H19N3O2. The van der Waals surface area contributed by atoms with Gasteiger partial charge in [-0.25, -0.2) is 4.98 Å². The van der Waals surface area contributed by atoms with Crippen LogP contribution in [0, 0.1) is 0 Å². The largest absolute Gasteiger partial charge is 0.397 e. The number of hydrogen-bond acceptors (Lipinski definition) is 4. The average molecular weight is 237 g/mol. The highest BCUT2D eigenvalue weighted by atomic mass is 16.3. The van der Waals surface area contributed by atoms with Crippen molar-refractivity contribution in [3.63, 3.8) is 0 Å². The molecule has 1 rings (SSSR count). The summed E-state index contributed by atoms with van der Waals surface area (Å²) < 4.78 is 0. The molecule has 5 nitrogen and oxygen atoms in total. The van der Waals surface area contributed by atoms with Gasteiger partial charge in [0.2, 0.25) is 0 Å². The van der Waals surface area contributed by atoms with Crippen LogP contribution in [0.1, 0.15) is 37.2 Å². The Hall–Kier alpha value is -1.62. The van der Waals surface area contributed by atoms with Crippen LogP contribution in [-0.2, 0) is 0 Å². The molecule has 1 heterocycles. The monoisotopic (exact) mass is 237 g/mol. The van der Waals surface area contributed by atoms with Crippen molar-refractivity contribution in [2.75, 3.05) is 12.3 Å². The van der Waals surface area contributed by atoms with Crippen molar-refractivity contribution in [1.82, 2.24) is 10.3 Å². The summed E-state index contributed by atoms with van der Waals surface area (Å²) in [6.07, 6.45) is 2.62. The number of nitrogen functional groups attached to an aromatic ring is 1. The Kier molecular flexibility index (Phi) is 4.45. The summed E-state index contributed by atoms with van der Waals surface area (Å²) in [5.41, 5.74) is 5.45. The van der Waals surface area contributed by atoms with Crippen molar-refractivity contribution in [3.8, 4) is 0 Å².